The van der Waals surface area contributed by atoms with E-state index in [1.54, 1.807) is 66.7 Å². The van der Waals surface area contributed by atoms with Crippen molar-refractivity contribution in [2.24, 2.45) is 0 Å². The molecule has 3 rings (SSSR count). The Hall–Kier alpha value is -3.36. The third-order valence-corrected chi connectivity index (χ3v) is 8.27. The second-order valence-corrected chi connectivity index (χ2v) is 12.7. The number of rotatable bonds is 10. The van der Waals surface area contributed by atoms with Gasteiger partial charge in [-0.15, -0.1) is 0 Å². The van der Waals surface area contributed by atoms with E-state index in [9.17, 15) is 18.0 Å². The van der Waals surface area contributed by atoms with Gasteiger partial charge in [0.1, 0.15) is 12.6 Å². The van der Waals surface area contributed by atoms with E-state index < -0.39 is 34.1 Å². The zero-order valence-corrected chi connectivity index (χ0v) is 24.6. The highest BCUT2D eigenvalue weighted by Gasteiger charge is 2.34. The zero-order chi connectivity index (χ0) is 28.8. The molecular formula is C30H36ClN3O4S. The van der Waals surface area contributed by atoms with E-state index in [0.29, 0.717) is 22.7 Å². The SMILES string of the molecule is CC[C@@H](C(=O)NC(C)(C)C)N(Cc1ccccc1Cl)C(=O)CN(c1ccccc1)S(=O)(=O)c1ccc(C)cc1. The highest BCUT2D eigenvalue weighted by Crippen LogP contribution is 2.26. The fourth-order valence-corrected chi connectivity index (χ4v) is 5.75. The van der Waals surface area contributed by atoms with Crippen LogP contribution in [0.4, 0.5) is 5.69 Å². The van der Waals surface area contributed by atoms with Crippen LogP contribution in [0.3, 0.4) is 0 Å². The molecule has 1 N–H and O–H groups in total. The first kappa shape index (κ1) is 30.2. The minimum atomic E-state index is -4.10. The lowest BCUT2D eigenvalue weighted by Crippen LogP contribution is -2.55. The van der Waals surface area contributed by atoms with E-state index in [2.05, 4.69) is 5.32 Å². The summed E-state index contributed by atoms with van der Waals surface area (Å²) in [4.78, 5) is 28.9. The van der Waals surface area contributed by atoms with Crippen molar-refractivity contribution in [2.45, 2.75) is 64.1 Å². The number of hydrogen-bond donors (Lipinski definition) is 1. The average Bonchev–Trinajstić information content (AvgIpc) is 2.87. The molecule has 0 radical (unpaired) electrons. The lowest BCUT2D eigenvalue weighted by atomic mass is 10.1. The Kier molecular flexibility index (Phi) is 9.80. The molecule has 7 nitrogen and oxygen atoms in total. The summed E-state index contributed by atoms with van der Waals surface area (Å²) in [6, 6.07) is 21.2. The van der Waals surface area contributed by atoms with Gasteiger partial charge in [-0.1, -0.05) is 72.6 Å². The number of halogens is 1. The summed E-state index contributed by atoms with van der Waals surface area (Å²) < 4.78 is 28.8. The molecule has 0 spiro atoms. The van der Waals surface area contributed by atoms with Gasteiger partial charge in [-0.2, -0.15) is 0 Å². The average molecular weight is 570 g/mol. The quantitative estimate of drug-likeness (QED) is 0.346. The number of benzene rings is 3. The molecular weight excluding hydrogens is 534 g/mol. The molecule has 3 aromatic carbocycles. The molecule has 0 saturated heterocycles. The molecule has 0 aliphatic carbocycles. The molecule has 0 aromatic heterocycles. The third-order valence-electron chi connectivity index (χ3n) is 6.11. The number of amides is 2. The Bertz CT molecular complexity index is 1390. The van der Waals surface area contributed by atoms with Crippen molar-refractivity contribution in [2.75, 3.05) is 10.8 Å². The highest BCUT2D eigenvalue weighted by atomic mass is 35.5. The van der Waals surface area contributed by atoms with Crippen LogP contribution >= 0.6 is 11.6 Å². The Morgan fingerprint density at radius 2 is 1.51 bits per heavy atom. The summed E-state index contributed by atoms with van der Waals surface area (Å²) >= 11 is 6.43. The van der Waals surface area contributed by atoms with Gasteiger partial charge in [-0.3, -0.25) is 13.9 Å². The minimum Gasteiger partial charge on any atom is -0.350 e. The number of carbonyl (C=O) groups excluding carboxylic acids is 2. The number of para-hydroxylation sites is 1. The number of carbonyl (C=O) groups is 2. The van der Waals surface area contributed by atoms with Gasteiger partial charge in [-0.25, -0.2) is 8.42 Å². The maximum atomic E-state index is 14.0. The van der Waals surface area contributed by atoms with Crippen molar-refractivity contribution in [3.05, 3.63) is 95.0 Å². The van der Waals surface area contributed by atoms with Crippen molar-refractivity contribution in [3.63, 3.8) is 0 Å². The summed E-state index contributed by atoms with van der Waals surface area (Å²) in [6.45, 7) is 8.83. The maximum Gasteiger partial charge on any atom is 0.264 e. The number of aryl methyl sites for hydroxylation is 1. The smallest absolute Gasteiger partial charge is 0.264 e. The van der Waals surface area contributed by atoms with Gasteiger partial charge in [0.2, 0.25) is 11.8 Å². The fourth-order valence-electron chi connectivity index (χ4n) is 4.14. The van der Waals surface area contributed by atoms with Crippen LogP contribution in [0.1, 0.15) is 45.2 Å². The van der Waals surface area contributed by atoms with E-state index in [-0.39, 0.29) is 17.3 Å². The molecule has 39 heavy (non-hydrogen) atoms. The van der Waals surface area contributed by atoms with Gasteiger partial charge in [0.15, 0.2) is 0 Å². The predicted octanol–water partition coefficient (Wildman–Crippen LogP) is 5.57. The molecule has 0 bridgehead atoms. The van der Waals surface area contributed by atoms with Crippen LogP contribution in [-0.2, 0) is 26.2 Å². The molecule has 0 unspecified atom stereocenters. The maximum absolute atomic E-state index is 14.0. The Morgan fingerprint density at radius 3 is 2.08 bits per heavy atom. The van der Waals surface area contributed by atoms with Gasteiger partial charge in [-0.05, 0) is 70.0 Å². The van der Waals surface area contributed by atoms with Crippen LogP contribution in [0.5, 0.6) is 0 Å². The van der Waals surface area contributed by atoms with Gasteiger partial charge in [0.25, 0.3) is 10.0 Å². The van der Waals surface area contributed by atoms with Gasteiger partial charge in [0, 0.05) is 17.1 Å². The minimum absolute atomic E-state index is 0.0434. The molecule has 3 aromatic rings. The number of nitrogens with one attached hydrogen (secondary N) is 1. The molecule has 0 aliphatic rings. The molecule has 9 heteroatoms. The van der Waals surface area contributed by atoms with Crippen molar-refractivity contribution in [1.82, 2.24) is 10.2 Å². The lowest BCUT2D eigenvalue weighted by Gasteiger charge is -2.35. The van der Waals surface area contributed by atoms with Crippen molar-refractivity contribution in [1.29, 1.82) is 0 Å². The number of nitrogens with zero attached hydrogens (tertiary/aromatic N) is 2. The zero-order valence-electron chi connectivity index (χ0n) is 23.0. The predicted molar refractivity (Wildman–Crippen MR) is 156 cm³/mol. The summed E-state index contributed by atoms with van der Waals surface area (Å²) in [7, 11) is -4.10. The Labute approximate surface area is 236 Å². The normalized spacial score (nSPS) is 12.5. The van der Waals surface area contributed by atoms with E-state index in [1.165, 1.54) is 17.0 Å². The molecule has 0 heterocycles. The largest absolute Gasteiger partial charge is 0.350 e. The van der Waals surface area contributed by atoms with Crippen LogP contribution in [-0.4, -0.2) is 43.3 Å². The summed E-state index contributed by atoms with van der Waals surface area (Å²) in [5.41, 5.74) is 1.39. The van der Waals surface area contributed by atoms with Gasteiger partial charge < -0.3 is 10.2 Å². The Morgan fingerprint density at radius 1 is 0.923 bits per heavy atom. The van der Waals surface area contributed by atoms with Crippen molar-refractivity contribution >= 4 is 39.1 Å². The summed E-state index contributed by atoms with van der Waals surface area (Å²) in [6.07, 6.45) is 0.328. The monoisotopic (exact) mass is 569 g/mol. The summed E-state index contributed by atoms with van der Waals surface area (Å²) in [5.74, 6) is -0.844. The van der Waals surface area contributed by atoms with Crippen molar-refractivity contribution in [3.8, 4) is 0 Å². The number of hydrogen-bond acceptors (Lipinski definition) is 4. The highest BCUT2D eigenvalue weighted by molar-refractivity contribution is 7.92. The van der Waals surface area contributed by atoms with Crippen LogP contribution in [0.2, 0.25) is 5.02 Å². The standard InChI is InChI=1S/C30H36ClN3O4S/c1-6-27(29(36)32-30(3,4)5)33(20-23-12-10-11-15-26(23)31)28(35)21-34(24-13-8-7-9-14-24)39(37,38)25-18-16-22(2)17-19-25/h7-19,27H,6,20-21H2,1-5H3,(H,32,36)/t27-/m0/s1. The first-order valence-corrected chi connectivity index (χ1v) is 14.6. The van der Waals surface area contributed by atoms with Crippen LogP contribution in [0, 0.1) is 6.92 Å². The molecule has 0 aliphatic heterocycles. The number of anilines is 1. The van der Waals surface area contributed by atoms with Crippen LogP contribution in [0.25, 0.3) is 0 Å². The van der Waals surface area contributed by atoms with Crippen molar-refractivity contribution < 1.29 is 18.0 Å². The fraction of sp³-hybridized carbons (Fsp3) is 0.333. The lowest BCUT2D eigenvalue weighted by molar-refractivity contribution is -0.141. The first-order chi connectivity index (χ1) is 18.3. The molecule has 1 atom stereocenters. The molecule has 208 valence electrons. The van der Waals surface area contributed by atoms with E-state index >= 15 is 0 Å². The second-order valence-electron chi connectivity index (χ2n) is 10.4. The van der Waals surface area contributed by atoms with Gasteiger partial charge >= 0.3 is 0 Å². The van der Waals surface area contributed by atoms with E-state index in [4.69, 9.17) is 11.6 Å². The topological polar surface area (TPSA) is 86.8 Å². The van der Waals surface area contributed by atoms with Crippen LogP contribution in [0.15, 0.2) is 83.8 Å². The Balaban J connectivity index is 2.06. The first-order valence-electron chi connectivity index (χ1n) is 12.8. The third kappa shape index (κ3) is 7.83. The van der Waals surface area contributed by atoms with E-state index in [0.717, 1.165) is 9.87 Å². The summed E-state index contributed by atoms with van der Waals surface area (Å²) in [5, 5.41) is 3.41. The number of sulfonamides is 1. The molecule has 0 fully saturated rings. The molecule has 2 amide bonds. The van der Waals surface area contributed by atoms with Crippen LogP contribution < -0.4 is 9.62 Å². The second kappa shape index (κ2) is 12.7. The van der Waals surface area contributed by atoms with E-state index in [1.807, 2.05) is 34.6 Å². The molecule has 0 saturated carbocycles. The van der Waals surface area contributed by atoms with Gasteiger partial charge in [0.05, 0.1) is 10.6 Å².